The first-order chi connectivity index (χ1) is 12.2. The summed E-state index contributed by atoms with van der Waals surface area (Å²) in [6.45, 7) is 0.310. The van der Waals surface area contributed by atoms with Gasteiger partial charge in [0.25, 0.3) is 0 Å². The fourth-order valence-corrected chi connectivity index (χ4v) is 4.15. The van der Waals surface area contributed by atoms with Crippen molar-refractivity contribution in [3.8, 4) is 5.75 Å². The number of hydrogen-bond acceptors (Lipinski definition) is 2. The number of carbonyl (C=O) groups excluding carboxylic acids is 1. The van der Waals surface area contributed by atoms with E-state index in [4.69, 9.17) is 16.3 Å². The summed E-state index contributed by atoms with van der Waals surface area (Å²) in [5, 5.41) is 5.80. The number of hydrogen-bond donors (Lipinski definition) is 2. The average molecular weight is 391 g/mol. The maximum absolute atomic E-state index is 12.3. The third-order valence-electron chi connectivity index (χ3n) is 5.31. The minimum atomic E-state index is -4.44. The number of ether oxygens (including phenoxy) is 1. The predicted molar refractivity (Wildman–Crippen MR) is 92.4 cm³/mol. The van der Waals surface area contributed by atoms with Crippen LogP contribution in [0.2, 0.25) is 5.02 Å². The molecule has 2 N–H and O–H groups in total. The van der Waals surface area contributed by atoms with Gasteiger partial charge in [0, 0.05) is 6.04 Å². The second-order valence-electron chi connectivity index (χ2n) is 7.36. The first kappa shape index (κ1) is 19.1. The van der Waals surface area contributed by atoms with Crippen molar-refractivity contribution >= 4 is 17.6 Å². The quantitative estimate of drug-likeness (QED) is 0.745. The molecule has 0 bridgehead atoms. The van der Waals surface area contributed by atoms with Crippen LogP contribution in [0.25, 0.3) is 0 Å². The molecule has 8 heteroatoms. The molecule has 2 aliphatic rings. The Balaban J connectivity index is 1.53. The fraction of sp³-hybridized carbons (Fsp3) is 0.611. The summed E-state index contributed by atoms with van der Waals surface area (Å²) in [4.78, 5) is 12.2. The lowest BCUT2D eigenvalue weighted by Crippen LogP contribution is -2.55. The Morgan fingerprint density at radius 2 is 2.08 bits per heavy atom. The molecule has 1 aromatic carbocycles. The Labute approximate surface area is 155 Å². The summed E-state index contributed by atoms with van der Waals surface area (Å²) in [6, 6.07) is 4.01. The van der Waals surface area contributed by atoms with Crippen LogP contribution in [0.15, 0.2) is 18.2 Å². The van der Waals surface area contributed by atoms with E-state index in [2.05, 4.69) is 10.6 Å². The smallest absolute Gasteiger partial charge is 0.422 e. The van der Waals surface area contributed by atoms with Gasteiger partial charge in [-0.2, -0.15) is 13.2 Å². The molecule has 2 aliphatic carbocycles. The van der Waals surface area contributed by atoms with Gasteiger partial charge in [-0.05, 0) is 49.7 Å². The van der Waals surface area contributed by atoms with E-state index in [0.29, 0.717) is 11.0 Å². The topological polar surface area (TPSA) is 50.4 Å². The Morgan fingerprint density at radius 1 is 1.38 bits per heavy atom. The summed E-state index contributed by atoms with van der Waals surface area (Å²) >= 11 is 6.16. The third kappa shape index (κ3) is 4.37. The zero-order valence-electron chi connectivity index (χ0n) is 14.5. The van der Waals surface area contributed by atoms with Crippen LogP contribution in [0.3, 0.4) is 0 Å². The second-order valence-corrected chi connectivity index (χ2v) is 7.74. The van der Waals surface area contributed by atoms with E-state index in [1.807, 2.05) is 0 Å². The molecule has 0 radical (unpaired) electrons. The van der Waals surface area contributed by atoms with Gasteiger partial charge in [0.1, 0.15) is 5.75 Å². The lowest BCUT2D eigenvalue weighted by Gasteiger charge is -2.54. The minimum Gasteiger partial charge on any atom is -0.483 e. The van der Waals surface area contributed by atoms with Crippen molar-refractivity contribution in [2.45, 2.75) is 57.3 Å². The van der Waals surface area contributed by atoms with Crippen molar-refractivity contribution in [3.05, 3.63) is 28.8 Å². The van der Waals surface area contributed by atoms with Gasteiger partial charge >= 0.3 is 12.2 Å². The van der Waals surface area contributed by atoms with Crippen molar-refractivity contribution < 1.29 is 22.7 Å². The van der Waals surface area contributed by atoms with E-state index in [1.165, 1.54) is 25.3 Å². The van der Waals surface area contributed by atoms with Crippen molar-refractivity contribution in [1.29, 1.82) is 0 Å². The van der Waals surface area contributed by atoms with E-state index >= 15 is 0 Å². The van der Waals surface area contributed by atoms with Gasteiger partial charge in [0.2, 0.25) is 0 Å². The summed E-state index contributed by atoms with van der Waals surface area (Å²) in [6.07, 6.45) is 1.39. The van der Waals surface area contributed by atoms with Gasteiger partial charge in [-0.15, -0.1) is 0 Å². The SMILES string of the molecule is CC(NC(=O)NC1CC2(CCC2)C1)c1cccc(OCC(F)(F)F)c1Cl. The largest absolute Gasteiger partial charge is 0.483 e. The molecule has 2 saturated carbocycles. The van der Waals surface area contributed by atoms with E-state index in [1.54, 1.807) is 19.1 Å². The summed E-state index contributed by atoms with van der Waals surface area (Å²) < 4.78 is 41.7. The number of halogens is 4. The van der Waals surface area contributed by atoms with Crippen molar-refractivity contribution in [2.75, 3.05) is 6.61 Å². The van der Waals surface area contributed by atoms with E-state index in [0.717, 1.165) is 12.8 Å². The summed E-state index contributed by atoms with van der Waals surface area (Å²) in [5.41, 5.74) is 0.974. The molecule has 0 saturated heterocycles. The van der Waals surface area contributed by atoms with Crippen LogP contribution in [-0.2, 0) is 0 Å². The van der Waals surface area contributed by atoms with E-state index in [-0.39, 0.29) is 22.8 Å². The molecule has 1 aromatic rings. The number of nitrogens with one attached hydrogen (secondary N) is 2. The zero-order chi connectivity index (χ0) is 18.9. The van der Waals surface area contributed by atoms with Crippen molar-refractivity contribution in [2.24, 2.45) is 5.41 Å². The Bertz CT molecular complexity index is 669. The average Bonchev–Trinajstić information content (AvgIpc) is 2.46. The highest BCUT2D eigenvalue weighted by molar-refractivity contribution is 6.32. The molecule has 0 aliphatic heterocycles. The summed E-state index contributed by atoms with van der Waals surface area (Å²) in [5.74, 6) is -0.0542. The molecule has 2 fully saturated rings. The summed E-state index contributed by atoms with van der Waals surface area (Å²) in [7, 11) is 0. The highest BCUT2D eigenvalue weighted by atomic mass is 35.5. The molecular weight excluding hydrogens is 369 g/mol. The lowest BCUT2D eigenvalue weighted by molar-refractivity contribution is -0.153. The van der Waals surface area contributed by atoms with Crippen LogP contribution in [-0.4, -0.2) is 24.9 Å². The molecule has 2 amide bonds. The molecule has 26 heavy (non-hydrogen) atoms. The number of alkyl halides is 3. The fourth-order valence-electron chi connectivity index (χ4n) is 3.81. The van der Waals surface area contributed by atoms with Crippen molar-refractivity contribution in [3.63, 3.8) is 0 Å². The zero-order valence-corrected chi connectivity index (χ0v) is 15.2. The van der Waals surface area contributed by atoms with Crippen LogP contribution < -0.4 is 15.4 Å². The van der Waals surface area contributed by atoms with Crippen LogP contribution in [0, 0.1) is 5.41 Å². The van der Waals surface area contributed by atoms with Crippen LogP contribution >= 0.6 is 11.6 Å². The Hall–Kier alpha value is -1.63. The van der Waals surface area contributed by atoms with E-state index in [9.17, 15) is 18.0 Å². The maximum Gasteiger partial charge on any atom is 0.422 e. The maximum atomic E-state index is 12.3. The van der Waals surface area contributed by atoms with Crippen LogP contribution in [0.5, 0.6) is 5.75 Å². The Kier molecular flexibility index (Phi) is 5.28. The van der Waals surface area contributed by atoms with Crippen molar-refractivity contribution in [1.82, 2.24) is 10.6 Å². The third-order valence-corrected chi connectivity index (χ3v) is 5.71. The molecule has 3 rings (SSSR count). The van der Waals surface area contributed by atoms with Crippen LogP contribution in [0.1, 0.15) is 50.6 Å². The standard InChI is InChI=1S/C18H22ClF3N2O2/c1-11(23-16(25)24-12-8-17(9-12)6-3-7-17)13-4-2-5-14(15(13)19)26-10-18(20,21)22/h2,4-5,11-12H,3,6-10H2,1H3,(H2,23,24,25). The predicted octanol–water partition coefficient (Wildman–Crippen LogP) is 4.97. The number of amides is 2. The number of carbonyl (C=O) groups is 1. The number of benzene rings is 1. The van der Waals surface area contributed by atoms with Gasteiger partial charge < -0.3 is 15.4 Å². The highest BCUT2D eigenvalue weighted by Gasteiger charge is 2.48. The highest BCUT2D eigenvalue weighted by Crippen LogP contribution is 2.55. The molecule has 144 valence electrons. The van der Waals surface area contributed by atoms with Gasteiger partial charge in [-0.3, -0.25) is 0 Å². The second kappa shape index (κ2) is 7.18. The van der Waals surface area contributed by atoms with Gasteiger partial charge in [0.05, 0.1) is 11.1 Å². The molecule has 0 aromatic heterocycles. The Morgan fingerprint density at radius 3 is 2.65 bits per heavy atom. The molecule has 0 heterocycles. The van der Waals surface area contributed by atoms with Crippen LogP contribution in [0.4, 0.5) is 18.0 Å². The minimum absolute atomic E-state index is 0.0542. The molecule has 1 spiro atoms. The molecule has 1 unspecified atom stereocenters. The van der Waals surface area contributed by atoms with E-state index < -0.39 is 18.8 Å². The normalized spacial score (nSPS) is 20.0. The van der Waals surface area contributed by atoms with Gasteiger partial charge in [-0.25, -0.2) is 4.79 Å². The number of rotatable bonds is 5. The molecular formula is C18H22ClF3N2O2. The molecule has 1 atom stereocenters. The first-order valence-electron chi connectivity index (χ1n) is 8.72. The number of urea groups is 1. The first-order valence-corrected chi connectivity index (χ1v) is 9.10. The monoisotopic (exact) mass is 390 g/mol. The molecule has 4 nitrogen and oxygen atoms in total. The van der Waals surface area contributed by atoms with Gasteiger partial charge in [0.15, 0.2) is 6.61 Å². The lowest BCUT2D eigenvalue weighted by atomic mass is 9.54. The van der Waals surface area contributed by atoms with Gasteiger partial charge in [-0.1, -0.05) is 30.2 Å².